The van der Waals surface area contributed by atoms with Crippen molar-refractivity contribution in [3.63, 3.8) is 0 Å². The van der Waals surface area contributed by atoms with E-state index >= 15 is 0 Å². The van der Waals surface area contributed by atoms with Gasteiger partial charge in [0, 0.05) is 0 Å². The van der Waals surface area contributed by atoms with Gasteiger partial charge in [-0.3, -0.25) is 0 Å². The minimum atomic E-state index is 1.11. The quantitative estimate of drug-likeness (QED) is 0.478. The number of unbranched alkanes of at least 4 members (excludes halogenated alkanes) is 1. The Morgan fingerprint density at radius 3 is 2.50 bits per heavy atom. The second-order valence-electron chi connectivity index (χ2n) is 1.22. The first-order valence-corrected chi connectivity index (χ1v) is 2.28. The van der Waals surface area contributed by atoms with Crippen molar-refractivity contribution >= 4 is 0 Å². The fourth-order valence-corrected chi connectivity index (χ4v) is 0.263. The highest BCUT2D eigenvalue weighted by Gasteiger charge is 1.65. The van der Waals surface area contributed by atoms with E-state index in [1.165, 1.54) is 6.42 Å². The first-order chi connectivity index (χ1) is 2.91. The van der Waals surface area contributed by atoms with Crippen molar-refractivity contribution < 1.29 is 0 Å². The molecule has 0 saturated carbocycles. The fourth-order valence-electron chi connectivity index (χ4n) is 0.263. The van der Waals surface area contributed by atoms with Crippen LogP contribution in [0.1, 0.15) is 19.8 Å². The number of hydrogen-bond acceptors (Lipinski definition) is 0. The SMILES string of the molecule is [CH]C=CCCC. The molecular formula is C6H10. The summed E-state index contributed by atoms with van der Waals surface area (Å²) >= 11 is 0. The Labute approximate surface area is 39.9 Å². The smallest absolute Gasteiger partial charge is 0.00958 e. The Morgan fingerprint density at radius 2 is 2.33 bits per heavy atom. The molecule has 0 aromatic rings. The van der Waals surface area contributed by atoms with Crippen LogP contribution in [0.4, 0.5) is 0 Å². The first-order valence-electron chi connectivity index (χ1n) is 2.28. The maximum Gasteiger partial charge on any atom is -0.00958 e. The summed E-state index contributed by atoms with van der Waals surface area (Å²) in [7, 11) is 0. The van der Waals surface area contributed by atoms with Gasteiger partial charge < -0.3 is 0 Å². The Balaban J connectivity index is 2.66. The lowest BCUT2D eigenvalue weighted by Gasteiger charge is -1.76. The molecule has 2 radical (unpaired) electrons. The van der Waals surface area contributed by atoms with E-state index in [1.807, 2.05) is 6.08 Å². The molecule has 0 heteroatoms. The van der Waals surface area contributed by atoms with E-state index in [2.05, 4.69) is 6.92 Å². The third-order valence-corrected chi connectivity index (χ3v) is 0.591. The van der Waals surface area contributed by atoms with Crippen LogP contribution in [0.15, 0.2) is 12.2 Å². The van der Waals surface area contributed by atoms with Crippen molar-refractivity contribution in [3.8, 4) is 0 Å². The summed E-state index contributed by atoms with van der Waals surface area (Å²) < 4.78 is 0. The Morgan fingerprint density at radius 1 is 1.67 bits per heavy atom. The average molecular weight is 82.1 g/mol. The van der Waals surface area contributed by atoms with Crippen molar-refractivity contribution in [2.75, 3.05) is 0 Å². The molecule has 0 N–H and O–H groups in total. The van der Waals surface area contributed by atoms with Crippen molar-refractivity contribution in [2.45, 2.75) is 19.8 Å². The van der Waals surface area contributed by atoms with Crippen molar-refractivity contribution in [2.24, 2.45) is 0 Å². The molecule has 0 aliphatic rings. The Hall–Kier alpha value is -0.260. The third kappa shape index (κ3) is 3.74. The van der Waals surface area contributed by atoms with Gasteiger partial charge in [0.15, 0.2) is 0 Å². The van der Waals surface area contributed by atoms with Gasteiger partial charge in [-0.15, -0.1) is 0 Å². The van der Waals surface area contributed by atoms with Gasteiger partial charge in [-0.2, -0.15) is 0 Å². The molecule has 0 aromatic carbocycles. The van der Waals surface area contributed by atoms with Crippen LogP contribution < -0.4 is 0 Å². The summed E-state index contributed by atoms with van der Waals surface area (Å²) in [5.41, 5.74) is 0. The molecule has 0 aromatic heterocycles. The van der Waals surface area contributed by atoms with Crippen LogP contribution in [0.25, 0.3) is 0 Å². The summed E-state index contributed by atoms with van der Waals surface area (Å²) in [4.78, 5) is 0. The van der Waals surface area contributed by atoms with Gasteiger partial charge in [-0.1, -0.05) is 25.5 Å². The molecule has 0 rings (SSSR count). The van der Waals surface area contributed by atoms with Gasteiger partial charge in [0.2, 0.25) is 0 Å². The van der Waals surface area contributed by atoms with Gasteiger partial charge in [0.25, 0.3) is 0 Å². The topological polar surface area (TPSA) is 0 Å². The molecule has 0 atom stereocenters. The lowest BCUT2D eigenvalue weighted by atomic mass is 10.3. The molecule has 0 spiro atoms. The van der Waals surface area contributed by atoms with E-state index in [4.69, 9.17) is 6.92 Å². The highest BCUT2D eigenvalue weighted by Crippen LogP contribution is 1.85. The second-order valence-corrected chi connectivity index (χ2v) is 1.22. The molecule has 6 heavy (non-hydrogen) atoms. The van der Waals surface area contributed by atoms with Crippen molar-refractivity contribution in [3.05, 3.63) is 19.1 Å². The van der Waals surface area contributed by atoms with Crippen LogP contribution in [0.3, 0.4) is 0 Å². The average Bonchev–Trinajstić information content (AvgIpc) is 1.61. The monoisotopic (exact) mass is 82.1 g/mol. The third-order valence-electron chi connectivity index (χ3n) is 0.591. The molecule has 0 fully saturated rings. The normalized spacial score (nSPS) is 10.3. The van der Waals surface area contributed by atoms with Crippen LogP contribution in [-0.2, 0) is 0 Å². The summed E-state index contributed by atoms with van der Waals surface area (Å²) in [6.45, 7) is 7.16. The van der Waals surface area contributed by atoms with Crippen LogP contribution in [0, 0.1) is 6.92 Å². The zero-order chi connectivity index (χ0) is 4.83. The van der Waals surface area contributed by atoms with Crippen LogP contribution >= 0.6 is 0 Å². The summed E-state index contributed by atoms with van der Waals surface area (Å²) in [6.07, 6.45) is 5.84. The van der Waals surface area contributed by atoms with E-state index in [0.717, 1.165) is 6.42 Å². The lowest BCUT2D eigenvalue weighted by molar-refractivity contribution is 0.959. The molecule has 0 saturated heterocycles. The number of allylic oxidation sites excluding steroid dienone is 2. The summed E-state index contributed by atoms with van der Waals surface area (Å²) in [5, 5.41) is 0. The largest absolute Gasteiger partial charge is 0.0882 e. The Bertz CT molecular complexity index is 35.3. The molecular weight excluding hydrogens is 72.1 g/mol. The van der Waals surface area contributed by atoms with Gasteiger partial charge in [0.05, 0.1) is 0 Å². The predicted molar refractivity (Wildman–Crippen MR) is 28.3 cm³/mol. The molecule has 0 aliphatic heterocycles. The van der Waals surface area contributed by atoms with Crippen LogP contribution in [0.5, 0.6) is 0 Å². The highest BCUT2D eigenvalue weighted by molar-refractivity contribution is 4.82. The van der Waals surface area contributed by atoms with Gasteiger partial charge in [0.1, 0.15) is 0 Å². The molecule has 0 nitrogen and oxygen atoms in total. The van der Waals surface area contributed by atoms with E-state index in [-0.39, 0.29) is 0 Å². The minimum absolute atomic E-state index is 1.11. The van der Waals surface area contributed by atoms with Crippen LogP contribution in [-0.4, -0.2) is 0 Å². The standard InChI is InChI=1S/C6H10/c1-3-5-6-4-2/h1,3,5H,4,6H2,2H3. The van der Waals surface area contributed by atoms with Gasteiger partial charge >= 0.3 is 0 Å². The lowest BCUT2D eigenvalue weighted by Crippen LogP contribution is -1.55. The fraction of sp³-hybridized carbons (Fsp3) is 0.500. The van der Waals surface area contributed by atoms with Gasteiger partial charge in [-0.05, 0) is 13.3 Å². The summed E-state index contributed by atoms with van der Waals surface area (Å²) in [5.74, 6) is 0. The van der Waals surface area contributed by atoms with E-state index in [9.17, 15) is 0 Å². The summed E-state index contributed by atoms with van der Waals surface area (Å²) in [6, 6.07) is 0. The molecule has 34 valence electrons. The maximum atomic E-state index is 5.03. The van der Waals surface area contributed by atoms with Crippen LogP contribution in [0.2, 0.25) is 0 Å². The minimum Gasteiger partial charge on any atom is -0.0882 e. The Kier molecular flexibility index (Phi) is 4.53. The van der Waals surface area contributed by atoms with E-state index < -0.39 is 0 Å². The zero-order valence-corrected chi connectivity index (χ0v) is 4.15. The maximum absolute atomic E-state index is 5.03. The van der Waals surface area contributed by atoms with E-state index in [0.29, 0.717) is 0 Å². The highest BCUT2D eigenvalue weighted by atomic mass is 13.7. The zero-order valence-electron chi connectivity index (χ0n) is 4.15. The molecule has 0 bridgehead atoms. The molecule has 0 aliphatic carbocycles. The number of hydrogen-bond donors (Lipinski definition) is 0. The van der Waals surface area contributed by atoms with Crippen molar-refractivity contribution in [1.29, 1.82) is 0 Å². The molecule has 0 unspecified atom stereocenters. The van der Waals surface area contributed by atoms with E-state index in [1.54, 1.807) is 6.08 Å². The van der Waals surface area contributed by atoms with Gasteiger partial charge in [-0.25, -0.2) is 0 Å². The first kappa shape index (κ1) is 5.74. The molecule has 0 amide bonds. The number of rotatable bonds is 2. The predicted octanol–water partition coefficient (Wildman–Crippen LogP) is 2.05. The van der Waals surface area contributed by atoms with Crippen molar-refractivity contribution in [1.82, 2.24) is 0 Å². The second kappa shape index (κ2) is 4.74. The molecule has 0 heterocycles.